The Balaban J connectivity index is -0.000000153. The molecule has 0 aliphatic carbocycles. The Morgan fingerprint density at radius 1 is 0.643 bits per heavy atom. The molecule has 0 aliphatic rings. The van der Waals surface area contributed by atoms with Crippen molar-refractivity contribution in [1.82, 2.24) is 0 Å². The topological polar surface area (TPSA) is 135 Å². The molecule has 0 unspecified atom stereocenters. The predicted molar refractivity (Wildman–Crippen MR) is 106 cm³/mol. The molecule has 28 heavy (non-hydrogen) atoms. The van der Waals surface area contributed by atoms with Crippen LogP contribution >= 0.6 is 0 Å². The van der Waals surface area contributed by atoms with Crippen molar-refractivity contribution in [1.29, 1.82) is 0 Å². The van der Waals surface area contributed by atoms with Crippen LogP contribution in [0, 0.1) is 0 Å². The Kier molecular flexibility index (Phi) is 34.2. The number of unbranched alkanes of at least 4 members (excludes halogenated alkanes) is 3. The summed E-state index contributed by atoms with van der Waals surface area (Å²) in [4.78, 5) is 20.7. The smallest absolute Gasteiger partial charge is 0.335 e. The molecule has 0 saturated carbocycles. The first-order valence-corrected chi connectivity index (χ1v) is 9.25. The van der Waals surface area contributed by atoms with Crippen molar-refractivity contribution in [3.8, 4) is 0 Å². The zero-order valence-corrected chi connectivity index (χ0v) is 18.8. The van der Waals surface area contributed by atoms with Gasteiger partial charge >= 0.3 is 11.9 Å². The zero-order chi connectivity index (χ0) is 21.5. The number of aromatic carboxylic acids is 2. The zero-order valence-electron chi connectivity index (χ0n) is 17.2. The number of carboxylic acid groups (broad SMARTS) is 2. The molecule has 0 spiro atoms. The molecule has 0 aromatic heterocycles. The number of benzene rings is 1. The Morgan fingerprint density at radius 2 is 0.857 bits per heavy atom. The van der Waals surface area contributed by atoms with Gasteiger partial charge in [0.25, 0.3) is 0 Å². The van der Waals surface area contributed by atoms with Gasteiger partial charge in [0.05, 0.1) is 11.1 Å². The third-order valence-corrected chi connectivity index (χ3v) is 2.91. The molecule has 162 valence electrons. The van der Waals surface area contributed by atoms with E-state index in [0.717, 1.165) is 38.5 Å². The van der Waals surface area contributed by atoms with Gasteiger partial charge in [-0.15, -0.1) is 0 Å². The fraction of sp³-hybridized carbons (Fsp3) is 0.600. The summed E-state index contributed by atoms with van der Waals surface area (Å²) >= 11 is 0. The number of hydrogen-bond acceptors (Lipinski definition) is 5. The van der Waals surface area contributed by atoms with E-state index >= 15 is 0 Å². The molecule has 8 heteroatoms. The van der Waals surface area contributed by atoms with Crippen molar-refractivity contribution in [3.05, 3.63) is 35.4 Å². The van der Waals surface area contributed by atoms with Crippen molar-refractivity contribution in [3.63, 3.8) is 0 Å². The van der Waals surface area contributed by atoms with Crippen LogP contribution in [0.2, 0.25) is 0 Å². The number of rotatable bonds is 8. The Labute approximate surface area is 183 Å². The molecular weight excluding hydrogens is 400 g/mol. The normalized spacial score (nSPS) is 8.50. The van der Waals surface area contributed by atoms with Crippen LogP contribution in [-0.4, -0.2) is 57.3 Å². The molecule has 1 rings (SSSR count). The second kappa shape index (κ2) is 28.0. The number of carboxylic acids is 2. The summed E-state index contributed by atoms with van der Waals surface area (Å²) < 4.78 is 0. The maximum Gasteiger partial charge on any atom is 0.335 e. The van der Waals surface area contributed by atoms with Gasteiger partial charge in [0.2, 0.25) is 0 Å². The Hall–Kier alpha value is -1.25. The van der Waals surface area contributed by atoms with Crippen LogP contribution in [0.1, 0.15) is 80.0 Å². The van der Waals surface area contributed by atoms with Gasteiger partial charge in [-0.2, -0.15) is 0 Å². The first-order chi connectivity index (χ1) is 12.9. The van der Waals surface area contributed by atoms with Gasteiger partial charge in [-0.25, -0.2) is 9.59 Å². The maximum atomic E-state index is 10.3. The molecule has 0 atom stereocenters. The van der Waals surface area contributed by atoms with Crippen LogP contribution in [0.3, 0.4) is 0 Å². The molecule has 0 saturated heterocycles. The first kappa shape index (κ1) is 34.3. The van der Waals surface area contributed by atoms with E-state index in [-0.39, 0.29) is 32.8 Å². The molecule has 0 bridgehead atoms. The monoisotopic (exact) mass is 436 g/mol. The summed E-state index contributed by atoms with van der Waals surface area (Å²) in [5.74, 6) is -2.13. The van der Waals surface area contributed by atoms with E-state index in [4.69, 9.17) is 25.5 Å². The minimum Gasteiger partial charge on any atom is -0.478 e. The number of hydrogen-bond donors (Lipinski definition) is 5. The van der Waals surface area contributed by atoms with Crippen LogP contribution in [0.4, 0.5) is 0 Å². The molecular formula is C20H36O7Ti. The Morgan fingerprint density at radius 3 is 0.929 bits per heavy atom. The van der Waals surface area contributed by atoms with Gasteiger partial charge in [-0.1, -0.05) is 40.0 Å². The largest absolute Gasteiger partial charge is 0.478 e. The molecule has 5 N–H and O–H groups in total. The Bertz CT molecular complexity index is 397. The van der Waals surface area contributed by atoms with E-state index in [0.29, 0.717) is 19.8 Å². The predicted octanol–water partition coefficient (Wildman–Crippen LogP) is 3.42. The summed E-state index contributed by atoms with van der Waals surface area (Å²) in [6.45, 7) is 7.19. The summed E-state index contributed by atoms with van der Waals surface area (Å²) in [6.07, 6.45) is 6.11. The van der Waals surface area contributed by atoms with Gasteiger partial charge < -0.3 is 25.5 Å². The first-order valence-electron chi connectivity index (χ1n) is 9.25. The van der Waals surface area contributed by atoms with Crippen LogP contribution in [0.15, 0.2) is 24.3 Å². The quantitative estimate of drug-likeness (QED) is 0.394. The summed E-state index contributed by atoms with van der Waals surface area (Å²) in [7, 11) is 0. The second-order valence-electron chi connectivity index (χ2n) is 5.42. The molecule has 1 aromatic rings. The van der Waals surface area contributed by atoms with Crippen LogP contribution in [0.25, 0.3) is 0 Å². The van der Waals surface area contributed by atoms with E-state index in [9.17, 15) is 9.59 Å². The summed E-state index contributed by atoms with van der Waals surface area (Å²) in [6, 6.07) is 5.02. The maximum absolute atomic E-state index is 10.3. The SMILES string of the molecule is CCCCO.CCCCO.CCCCO.O=C(O)c1ccc(C(=O)O)cc1.[Ti]. The molecule has 0 fully saturated rings. The standard InChI is InChI=1S/C8H6O4.3C4H10O.Ti/c9-7(10)5-1-2-6(4-3-5)8(11)12;3*1-2-3-4-5;/h1-4H,(H,9,10)(H,11,12);3*5H,2-4H2,1H3;. The fourth-order valence-corrected chi connectivity index (χ4v) is 1.23. The van der Waals surface area contributed by atoms with Gasteiger partial charge in [-0.3, -0.25) is 0 Å². The minimum atomic E-state index is -1.06. The minimum absolute atomic E-state index is 0. The second-order valence-corrected chi connectivity index (χ2v) is 5.42. The average molecular weight is 436 g/mol. The molecule has 1 aromatic carbocycles. The van der Waals surface area contributed by atoms with Crippen molar-refractivity contribution < 1.29 is 56.8 Å². The molecule has 0 radical (unpaired) electrons. The third-order valence-electron chi connectivity index (χ3n) is 2.91. The third kappa shape index (κ3) is 27.0. The number of carbonyl (C=O) groups is 2. The van der Waals surface area contributed by atoms with Crippen molar-refractivity contribution in [2.24, 2.45) is 0 Å². The van der Waals surface area contributed by atoms with Gasteiger partial charge in [0, 0.05) is 41.5 Å². The van der Waals surface area contributed by atoms with Crippen molar-refractivity contribution in [2.45, 2.75) is 59.3 Å². The van der Waals surface area contributed by atoms with E-state index in [2.05, 4.69) is 20.8 Å². The van der Waals surface area contributed by atoms with Gasteiger partial charge in [0.1, 0.15) is 0 Å². The van der Waals surface area contributed by atoms with Crippen molar-refractivity contribution >= 4 is 11.9 Å². The number of aliphatic hydroxyl groups is 3. The van der Waals surface area contributed by atoms with E-state index in [1.165, 1.54) is 24.3 Å². The average Bonchev–Trinajstić information content (AvgIpc) is 2.65. The van der Waals surface area contributed by atoms with Crippen LogP contribution in [0.5, 0.6) is 0 Å². The molecule has 0 aliphatic heterocycles. The van der Waals surface area contributed by atoms with E-state index < -0.39 is 11.9 Å². The fourth-order valence-electron chi connectivity index (χ4n) is 1.23. The van der Waals surface area contributed by atoms with Crippen molar-refractivity contribution in [2.75, 3.05) is 19.8 Å². The summed E-state index contributed by atoms with van der Waals surface area (Å²) in [5, 5.41) is 41.1. The molecule has 0 amide bonds. The van der Waals surface area contributed by atoms with Crippen LogP contribution < -0.4 is 0 Å². The summed E-state index contributed by atoms with van der Waals surface area (Å²) in [5.41, 5.74) is 0.167. The van der Waals surface area contributed by atoms with Gasteiger partial charge in [-0.05, 0) is 43.5 Å². The van der Waals surface area contributed by atoms with E-state index in [1.54, 1.807) is 0 Å². The van der Waals surface area contributed by atoms with Crippen LogP contribution in [-0.2, 0) is 21.7 Å². The number of aliphatic hydroxyl groups excluding tert-OH is 3. The van der Waals surface area contributed by atoms with E-state index in [1.807, 2.05) is 0 Å². The van der Waals surface area contributed by atoms with Gasteiger partial charge in [0.15, 0.2) is 0 Å². The molecule has 7 nitrogen and oxygen atoms in total. The molecule has 0 heterocycles.